The number of carbonyl (C=O) groups excluding carboxylic acids is 1. The van der Waals surface area contributed by atoms with Gasteiger partial charge in [-0.1, -0.05) is 6.07 Å². The molecule has 0 saturated carbocycles. The molecule has 2 aliphatic rings. The number of hydrogen-bond donors (Lipinski definition) is 3. The van der Waals surface area contributed by atoms with Gasteiger partial charge in [0, 0.05) is 30.6 Å². The Bertz CT molecular complexity index is 782. The second kappa shape index (κ2) is 8.83. The van der Waals surface area contributed by atoms with E-state index in [0.29, 0.717) is 30.5 Å². The van der Waals surface area contributed by atoms with Crippen LogP contribution in [0.3, 0.4) is 0 Å². The summed E-state index contributed by atoms with van der Waals surface area (Å²) in [6.07, 6.45) is 3.08. The van der Waals surface area contributed by atoms with Crippen LogP contribution < -0.4 is 15.4 Å². The van der Waals surface area contributed by atoms with Crippen LogP contribution in [0.15, 0.2) is 34.2 Å². The van der Waals surface area contributed by atoms with Crippen molar-refractivity contribution in [3.05, 3.63) is 24.3 Å². The van der Waals surface area contributed by atoms with Gasteiger partial charge in [0.25, 0.3) is 10.0 Å². The van der Waals surface area contributed by atoms with Crippen molar-refractivity contribution in [2.45, 2.75) is 43.5 Å². The summed E-state index contributed by atoms with van der Waals surface area (Å²) in [5.41, 5.74) is 0.493. The largest absolute Gasteiger partial charge is 0.326 e. The van der Waals surface area contributed by atoms with E-state index in [1.54, 1.807) is 12.1 Å². The predicted octanol–water partition coefficient (Wildman–Crippen LogP) is 1.91. The molecule has 0 aliphatic carbocycles. The van der Waals surface area contributed by atoms with E-state index >= 15 is 0 Å². The number of carbonyl (C=O) groups is 1. The second-order valence-electron chi connectivity index (χ2n) is 6.63. The van der Waals surface area contributed by atoms with E-state index in [4.69, 9.17) is 0 Å². The first-order chi connectivity index (χ1) is 11.9. The van der Waals surface area contributed by atoms with E-state index in [9.17, 15) is 13.2 Å². The van der Waals surface area contributed by atoms with Crippen LogP contribution in [0.25, 0.3) is 0 Å². The number of sulfonamides is 1. The van der Waals surface area contributed by atoms with Gasteiger partial charge in [-0.15, -0.1) is 12.4 Å². The number of aliphatic imine (C=N–C) groups is 1. The summed E-state index contributed by atoms with van der Waals surface area (Å²) < 4.78 is 27.4. The van der Waals surface area contributed by atoms with Crippen molar-refractivity contribution in [2.24, 2.45) is 10.9 Å². The molecule has 1 aromatic carbocycles. The van der Waals surface area contributed by atoms with Crippen molar-refractivity contribution in [3.63, 3.8) is 0 Å². The van der Waals surface area contributed by atoms with Crippen molar-refractivity contribution in [3.8, 4) is 0 Å². The molecule has 7 nitrogen and oxygen atoms in total. The van der Waals surface area contributed by atoms with Gasteiger partial charge in [0.1, 0.15) is 5.84 Å². The van der Waals surface area contributed by atoms with Gasteiger partial charge in [0.05, 0.1) is 4.90 Å². The van der Waals surface area contributed by atoms with Crippen LogP contribution in [-0.2, 0) is 14.8 Å². The Balaban J connectivity index is 0.00000243. The van der Waals surface area contributed by atoms with Crippen LogP contribution in [0.4, 0.5) is 5.69 Å². The number of piperidine rings is 1. The first-order valence-electron chi connectivity index (χ1n) is 8.64. The Labute approximate surface area is 160 Å². The van der Waals surface area contributed by atoms with Gasteiger partial charge in [-0.05, 0) is 50.9 Å². The van der Waals surface area contributed by atoms with Gasteiger partial charge < -0.3 is 10.6 Å². The molecule has 1 aromatic rings. The van der Waals surface area contributed by atoms with Crippen LogP contribution >= 0.6 is 12.4 Å². The van der Waals surface area contributed by atoms with Crippen LogP contribution in [0.5, 0.6) is 0 Å². The minimum absolute atomic E-state index is 0. The topological polar surface area (TPSA) is 99.7 Å². The maximum Gasteiger partial charge on any atom is 0.262 e. The van der Waals surface area contributed by atoms with Crippen molar-refractivity contribution in [2.75, 3.05) is 18.4 Å². The minimum atomic E-state index is -3.68. The van der Waals surface area contributed by atoms with E-state index in [1.807, 2.05) is 0 Å². The van der Waals surface area contributed by atoms with E-state index in [1.165, 1.54) is 12.1 Å². The highest BCUT2D eigenvalue weighted by molar-refractivity contribution is 7.90. The molecule has 0 bridgehead atoms. The van der Waals surface area contributed by atoms with Gasteiger partial charge in [-0.2, -0.15) is 0 Å². The molecular weight excluding hydrogens is 376 g/mol. The monoisotopic (exact) mass is 400 g/mol. The quantitative estimate of drug-likeness (QED) is 0.718. The molecule has 0 radical (unpaired) electrons. The molecule has 0 unspecified atom stereocenters. The number of nitrogens with zero attached hydrogens (tertiary/aromatic N) is 1. The average molecular weight is 401 g/mol. The highest BCUT2D eigenvalue weighted by Crippen LogP contribution is 2.21. The Morgan fingerprint density at radius 2 is 2.15 bits per heavy atom. The summed E-state index contributed by atoms with van der Waals surface area (Å²) in [5, 5.41) is 6.16. The second-order valence-corrected chi connectivity index (χ2v) is 8.31. The number of rotatable bonds is 4. The molecule has 1 fully saturated rings. The minimum Gasteiger partial charge on any atom is -0.326 e. The number of anilines is 1. The average Bonchev–Trinajstić information content (AvgIpc) is 3.07. The van der Waals surface area contributed by atoms with E-state index < -0.39 is 10.0 Å². The SMILES string of the molecule is C[C@H]1C[C@@H](C(=O)Nc2cccc(S(=O)(=O)NC3=NCCC3)c2)CCN1.Cl. The Kier molecular flexibility index (Phi) is 7.02. The maximum atomic E-state index is 12.5. The zero-order valence-electron chi connectivity index (χ0n) is 14.7. The lowest BCUT2D eigenvalue weighted by Crippen LogP contribution is -2.40. The number of amidine groups is 1. The number of benzene rings is 1. The van der Waals surface area contributed by atoms with Crippen LogP contribution in [0.1, 0.15) is 32.6 Å². The molecule has 2 heterocycles. The molecule has 144 valence electrons. The molecule has 3 rings (SSSR count). The first kappa shape index (κ1) is 20.7. The van der Waals surface area contributed by atoms with Gasteiger partial charge in [-0.3, -0.25) is 14.5 Å². The standard InChI is InChI=1S/C17H24N4O3S.ClH/c1-12-10-13(7-9-18-12)17(22)20-14-4-2-5-15(11-14)25(23,24)21-16-6-3-8-19-16;/h2,4-5,11-13,18H,3,6-10H2,1H3,(H,19,21)(H,20,22);1H/t12-,13-;/m0./s1. The van der Waals surface area contributed by atoms with Gasteiger partial charge in [0.2, 0.25) is 5.91 Å². The molecule has 26 heavy (non-hydrogen) atoms. The van der Waals surface area contributed by atoms with Gasteiger partial charge in [0.15, 0.2) is 0 Å². The number of nitrogens with one attached hydrogen (secondary N) is 3. The highest BCUT2D eigenvalue weighted by Gasteiger charge is 2.25. The van der Waals surface area contributed by atoms with Crippen molar-refractivity contribution >= 4 is 39.9 Å². The Morgan fingerprint density at radius 1 is 1.35 bits per heavy atom. The summed E-state index contributed by atoms with van der Waals surface area (Å²) >= 11 is 0. The molecule has 2 atom stereocenters. The van der Waals surface area contributed by atoms with Crippen molar-refractivity contribution in [1.82, 2.24) is 10.0 Å². The molecule has 2 aliphatic heterocycles. The molecule has 9 heteroatoms. The molecule has 1 saturated heterocycles. The first-order valence-corrected chi connectivity index (χ1v) is 10.1. The molecule has 0 aromatic heterocycles. The Hall–Kier alpha value is -1.64. The molecule has 0 spiro atoms. The van der Waals surface area contributed by atoms with E-state index in [2.05, 4.69) is 27.3 Å². The lowest BCUT2D eigenvalue weighted by Gasteiger charge is -2.27. The van der Waals surface area contributed by atoms with E-state index in [0.717, 1.165) is 25.8 Å². The van der Waals surface area contributed by atoms with Crippen LogP contribution in [0, 0.1) is 5.92 Å². The summed E-state index contributed by atoms with van der Waals surface area (Å²) in [6, 6.07) is 6.65. The summed E-state index contributed by atoms with van der Waals surface area (Å²) in [6.45, 7) is 3.53. The Morgan fingerprint density at radius 3 is 2.85 bits per heavy atom. The predicted molar refractivity (Wildman–Crippen MR) is 104 cm³/mol. The zero-order valence-corrected chi connectivity index (χ0v) is 16.3. The van der Waals surface area contributed by atoms with Crippen LogP contribution in [0.2, 0.25) is 0 Å². The third-order valence-electron chi connectivity index (χ3n) is 4.53. The fourth-order valence-electron chi connectivity index (χ4n) is 3.19. The fraction of sp³-hybridized carbons (Fsp3) is 0.529. The van der Waals surface area contributed by atoms with Gasteiger partial charge in [-0.25, -0.2) is 8.42 Å². The number of halogens is 1. The normalized spacial score (nSPS) is 22.9. The summed E-state index contributed by atoms with van der Waals surface area (Å²) in [4.78, 5) is 16.7. The molecule has 3 N–H and O–H groups in total. The van der Waals surface area contributed by atoms with Gasteiger partial charge >= 0.3 is 0 Å². The van der Waals surface area contributed by atoms with Crippen LogP contribution in [-0.4, -0.2) is 39.3 Å². The van der Waals surface area contributed by atoms with Crippen molar-refractivity contribution < 1.29 is 13.2 Å². The highest BCUT2D eigenvalue weighted by atomic mass is 35.5. The zero-order chi connectivity index (χ0) is 17.9. The van der Waals surface area contributed by atoms with Crippen molar-refractivity contribution in [1.29, 1.82) is 0 Å². The lowest BCUT2D eigenvalue weighted by atomic mass is 9.92. The smallest absolute Gasteiger partial charge is 0.262 e. The lowest BCUT2D eigenvalue weighted by molar-refractivity contribution is -0.120. The number of amides is 1. The third kappa shape index (κ3) is 5.18. The van der Waals surface area contributed by atoms with E-state index in [-0.39, 0.29) is 29.1 Å². The summed E-state index contributed by atoms with van der Waals surface area (Å²) in [5.74, 6) is 0.386. The molecule has 1 amide bonds. The third-order valence-corrected chi connectivity index (χ3v) is 5.91. The summed E-state index contributed by atoms with van der Waals surface area (Å²) in [7, 11) is -3.68. The number of hydrogen-bond acceptors (Lipinski definition) is 5. The molecular formula is C17H25ClN4O3S. The fourth-order valence-corrected chi connectivity index (χ4v) is 4.33. The maximum absolute atomic E-state index is 12.5.